The molecule has 0 bridgehead atoms. The summed E-state index contributed by atoms with van der Waals surface area (Å²) in [5.74, 6) is 0.120. The highest BCUT2D eigenvalue weighted by molar-refractivity contribution is 6.08. The number of Topliss-reactive ketones (excluding diaryl/α,β-unsaturated/α-hetero) is 1. The minimum Gasteiger partial charge on any atom is -0.388 e. The number of carbonyl (C=O) groups excluding carboxylic acids is 1. The maximum Gasteiger partial charge on any atom is 0.168 e. The van der Waals surface area contributed by atoms with Crippen molar-refractivity contribution in [2.45, 2.75) is 52.1 Å². The summed E-state index contributed by atoms with van der Waals surface area (Å²) in [4.78, 5) is 21.2. The number of aliphatic hydroxyl groups excluding tert-OH is 1. The number of carbonyl (C=O) groups is 1. The summed E-state index contributed by atoms with van der Waals surface area (Å²) in [6, 6.07) is 19.1. The molecular formula is C25H32N2O2. The predicted octanol–water partition coefficient (Wildman–Crippen LogP) is 5.48. The SMILES string of the molecule is CC(CC(=O)c1ccccc1)=NCCCCCN=C(C)CC(O)c1ccccc1. The average Bonchev–Trinajstić information content (AvgIpc) is 2.74. The summed E-state index contributed by atoms with van der Waals surface area (Å²) in [5, 5.41) is 10.2. The van der Waals surface area contributed by atoms with E-state index in [1.165, 1.54) is 0 Å². The molecule has 0 fully saturated rings. The van der Waals surface area contributed by atoms with Crippen molar-refractivity contribution in [2.75, 3.05) is 13.1 Å². The van der Waals surface area contributed by atoms with Crippen molar-refractivity contribution in [3.8, 4) is 0 Å². The Kier molecular flexibility index (Phi) is 10.0. The third kappa shape index (κ3) is 8.97. The predicted molar refractivity (Wildman–Crippen MR) is 121 cm³/mol. The van der Waals surface area contributed by atoms with Gasteiger partial charge in [-0.1, -0.05) is 60.7 Å². The molecule has 29 heavy (non-hydrogen) atoms. The van der Waals surface area contributed by atoms with Crippen LogP contribution in [0.4, 0.5) is 0 Å². The van der Waals surface area contributed by atoms with Gasteiger partial charge in [0.25, 0.3) is 0 Å². The Bertz CT molecular complexity index is 798. The first-order valence-electron chi connectivity index (χ1n) is 10.4. The van der Waals surface area contributed by atoms with Gasteiger partial charge in [-0.3, -0.25) is 14.8 Å². The van der Waals surface area contributed by atoms with Gasteiger partial charge in [-0.15, -0.1) is 0 Å². The highest BCUT2D eigenvalue weighted by atomic mass is 16.3. The first-order valence-corrected chi connectivity index (χ1v) is 10.4. The van der Waals surface area contributed by atoms with Crippen LogP contribution < -0.4 is 0 Å². The molecule has 0 spiro atoms. The van der Waals surface area contributed by atoms with E-state index in [1.54, 1.807) is 0 Å². The van der Waals surface area contributed by atoms with E-state index in [0.717, 1.165) is 54.9 Å². The molecule has 4 nitrogen and oxygen atoms in total. The molecule has 0 saturated heterocycles. The van der Waals surface area contributed by atoms with Crippen molar-refractivity contribution in [3.63, 3.8) is 0 Å². The fraction of sp³-hybridized carbons (Fsp3) is 0.400. The number of aliphatic imine (C=N–C) groups is 2. The third-order valence-corrected chi connectivity index (χ3v) is 4.76. The van der Waals surface area contributed by atoms with Crippen LogP contribution in [0.1, 0.15) is 68.0 Å². The van der Waals surface area contributed by atoms with E-state index in [2.05, 4.69) is 9.98 Å². The molecule has 0 heterocycles. The van der Waals surface area contributed by atoms with Crippen LogP contribution in [-0.2, 0) is 0 Å². The van der Waals surface area contributed by atoms with Gasteiger partial charge in [0, 0.05) is 42.9 Å². The number of nitrogens with zero attached hydrogens (tertiary/aromatic N) is 2. The van der Waals surface area contributed by atoms with E-state index in [9.17, 15) is 9.90 Å². The number of rotatable bonds is 12. The highest BCUT2D eigenvalue weighted by Crippen LogP contribution is 2.16. The number of benzene rings is 2. The minimum absolute atomic E-state index is 0.120. The lowest BCUT2D eigenvalue weighted by molar-refractivity contribution is 0.100. The summed E-state index contributed by atoms with van der Waals surface area (Å²) >= 11 is 0. The highest BCUT2D eigenvalue weighted by Gasteiger charge is 2.08. The Morgan fingerprint density at radius 3 is 2.00 bits per heavy atom. The van der Waals surface area contributed by atoms with Crippen LogP contribution in [0.15, 0.2) is 70.6 Å². The first kappa shape index (κ1) is 22.7. The molecule has 1 unspecified atom stereocenters. The molecule has 2 aromatic rings. The van der Waals surface area contributed by atoms with E-state index in [0.29, 0.717) is 12.8 Å². The van der Waals surface area contributed by atoms with Crippen LogP contribution in [0, 0.1) is 0 Å². The van der Waals surface area contributed by atoms with Crippen molar-refractivity contribution in [2.24, 2.45) is 9.98 Å². The zero-order valence-electron chi connectivity index (χ0n) is 17.6. The van der Waals surface area contributed by atoms with Gasteiger partial charge in [0.15, 0.2) is 5.78 Å². The van der Waals surface area contributed by atoms with Crippen LogP contribution >= 0.6 is 0 Å². The van der Waals surface area contributed by atoms with Crippen molar-refractivity contribution >= 4 is 17.2 Å². The molecular weight excluding hydrogens is 360 g/mol. The van der Waals surface area contributed by atoms with Gasteiger partial charge < -0.3 is 5.11 Å². The summed E-state index contributed by atoms with van der Waals surface area (Å²) in [7, 11) is 0. The Hall–Kier alpha value is -2.59. The quantitative estimate of drug-likeness (QED) is 0.295. The van der Waals surface area contributed by atoms with E-state index in [-0.39, 0.29) is 5.78 Å². The zero-order chi connectivity index (χ0) is 20.9. The fourth-order valence-electron chi connectivity index (χ4n) is 3.09. The van der Waals surface area contributed by atoms with Crippen LogP contribution in [0.2, 0.25) is 0 Å². The normalized spacial score (nSPS) is 13.3. The third-order valence-electron chi connectivity index (χ3n) is 4.76. The topological polar surface area (TPSA) is 62.0 Å². The van der Waals surface area contributed by atoms with Gasteiger partial charge in [-0.2, -0.15) is 0 Å². The molecule has 4 heteroatoms. The molecule has 0 radical (unpaired) electrons. The molecule has 0 aromatic heterocycles. The fourth-order valence-corrected chi connectivity index (χ4v) is 3.09. The van der Waals surface area contributed by atoms with Gasteiger partial charge in [0.1, 0.15) is 0 Å². The van der Waals surface area contributed by atoms with E-state index >= 15 is 0 Å². The molecule has 0 aliphatic carbocycles. The van der Waals surface area contributed by atoms with Gasteiger partial charge >= 0.3 is 0 Å². The summed E-state index contributed by atoms with van der Waals surface area (Å²) in [6.45, 7) is 5.43. The Morgan fingerprint density at radius 2 is 1.38 bits per heavy atom. The molecule has 0 saturated carbocycles. The van der Waals surface area contributed by atoms with Crippen molar-refractivity contribution in [3.05, 3.63) is 71.8 Å². The Labute approximate surface area is 174 Å². The Morgan fingerprint density at radius 1 is 0.828 bits per heavy atom. The Balaban J connectivity index is 1.59. The monoisotopic (exact) mass is 392 g/mol. The van der Waals surface area contributed by atoms with E-state index in [4.69, 9.17) is 0 Å². The van der Waals surface area contributed by atoms with Crippen LogP contribution in [-0.4, -0.2) is 35.4 Å². The molecule has 1 N–H and O–H groups in total. The van der Waals surface area contributed by atoms with Gasteiger partial charge in [-0.25, -0.2) is 0 Å². The number of hydrogen-bond acceptors (Lipinski definition) is 4. The lowest BCUT2D eigenvalue weighted by atomic mass is 10.0. The molecule has 1 atom stereocenters. The molecule has 2 aromatic carbocycles. The maximum absolute atomic E-state index is 12.1. The molecule has 0 amide bonds. The summed E-state index contributed by atoms with van der Waals surface area (Å²) in [5.41, 5.74) is 3.55. The van der Waals surface area contributed by atoms with Crippen LogP contribution in [0.3, 0.4) is 0 Å². The number of ketones is 1. The van der Waals surface area contributed by atoms with Crippen molar-refractivity contribution < 1.29 is 9.90 Å². The summed E-state index contributed by atoms with van der Waals surface area (Å²) in [6.07, 6.45) is 3.53. The van der Waals surface area contributed by atoms with Gasteiger partial charge in [0.2, 0.25) is 0 Å². The smallest absolute Gasteiger partial charge is 0.168 e. The van der Waals surface area contributed by atoms with Crippen LogP contribution in [0.25, 0.3) is 0 Å². The minimum atomic E-state index is -0.490. The second-order valence-corrected chi connectivity index (χ2v) is 7.39. The van der Waals surface area contributed by atoms with Crippen molar-refractivity contribution in [1.29, 1.82) is 0 Å². The van der Waals surface area contributed by atoms with Crippen molar-refractivity contribution in [1.82, 2.24) is 0 Å². The van der Waals surface area contributed by atoms with E-state index in [1.807, 2.05) is 74.5 Å². The lowest BCUT2D eigenvalue weighted by Gasteiger charge is -2.10. The number of aliphatic hydroxyl groups is 1. The van der Waals surface area contributed by atoms with Crippen LogP contribution in [0.5, 0.6) is 0 Å². The second kappa shape index (κ2) is 12.8. The van der Waals surface area contributed by atoms with Gasteiger partial charge in [-0.05, 0) is 38.7 Å². The second-order valence-electron chi connectivity index (χ2n) is 7.39. The first-order chi connectivity index (χ1) is 14.1. The molecule has 2 rings (SSSR count). The number of hydrogen-bond donors (Lipinski definition) is 1. The lowest BCUT2D eigenvalue weighted by Crippen LogP contribution is -2.06. The summed E-state index contributed by atoms with van der Waals surface area (Å²) < 4.78 is 0. The molecule has 0 aliphatic heterocycles. The molecule has 154 valence electrons. The number of unbranched alkanes of at least 4 members (excludes halogenated alkanes) is 2. The largest absolute Gasteiger partial charge is 0.388 e. The van der Waals surface area contributed by atoms with Gasteiger partial charge in [0.05, 0.1) is 6.10 Å². The zero-order valence-corrected chi connectivity index (χ0v) is 17.6. The van der Waals surface area contributed by atoms with E-state index < -0.39 is 6.10 Å². The maximum atomic E-state index is 12.1. The molecule has 0 aliphatic rings. The average molecular weight is 393 g/mol. The standard InChI is InChI=1S/C25H32N2O2/c1-20(18-24(28)22-12-6-3-7-13-22)26-16-10-5-11-17-27-21(2)19-25(29)23-14-8-4-9-15-23/h3-4,6-9,12-15,24,28H,5,10-11,16-19H2,1-2H3.